The number of nitrogens with zero attached hydrogens (tertiary/aromatic N) is 4. The van der Waals surface area contributed by atoms with Crippen LogP contribution >= 0.6 is 0 Å². The number of benzene rings is 1. The molecule has 1 aromatic carbocycles. The molecule has 0 saturated heterocycles. The second kappa shape index (κ2) is 11.4. The predicted octanol–water partition coefficient (Wildman–Crippen LogP) is 5.27. The third kappa shape index (κ3) is 5.87. The number of aryl methyl sites for hydroxylation is 2. The minimum absolute atomic E-state index is 0.0916. The van der Waals surface area contributed by atoms with Crippen molar-refractivity contribution >= 4 is 11.6 Å². The van der Waals surface area contributed by atoms with Gasteiger partial charge in [-0.1, -0.05) is 39.0 Å². The summed E-state index contributed by atoms with van der Waals surface area (Å²) in [5.41, 5.74) is 2.07. The molecule has 1 unspecified atom stereocenters. The fraction of sp³-hybridized carbons (Fsp3) is 0.680. The van der Waals surface area contributed by atoms with Crippen molar-refractivity contribution in [3.63, 3.8) is 0 Å². The van der Waals surface area contributed by atoms with E-state index in [2.05, 4.69) is 38.5 Å². The number of rotatable bonds is 11. The van der Waals surface area contributed by atoms with Gasteiger partial charge < -0.3 is 10.1 Å². The third-order valence-electron chi connectivity index (χ3n) is 6.96. The van der Waals surface area contributed by atoms with Gasteiger partial charge in [0.1, 0.15) is 5.75 Å². The SMILES string of the molecule is CCCCC(C1CCCCC1)n1nnnc1CCCCOc1ccc2c(c1)CCC(=O)N2. The maximum absolute atomic E-state index is 11.5. The summed E-state index contributed by atoms with van der Waals surface area (Å²) >= 11 is 0. The maximum Gasteiger partial charge on any atom is 0.224 e. The van der Waals surface area contributed by atoms with E-state index in [0.717, 1.165) is 54.4 Å². The molecule has 4 rings (SSSR count). The molecule has 0 spiro atoms. The van der Waals surface area contributed by atoms with Crippen LogP contribution in [0.4, 0.5) is 5.69 Å². The van der Waals surface area contributed by atoms with Crippen molar-refractivity contribution in [2.24, 2.45) is 5.92 Å². The summed E-state index contributed by atoms with van der Waals surface area (Å²) in [6, 6.07) is 6.38. The molecule has 0 radical (unpaired) electrons. The monoisotopic (exact) mass is 439 g/mol. The van der Waals surface area contributed by atoms with Crippen LogP contribution in [0.3, 0.4) is 0 Å². The molecule has 7 nitrogen and oxygen atoms in total. The number of fused-ring (bicyclic) bond motifs is 1. The Balaban J connectivity index is 1.26. The van der Waals surface area contributed by atoms with E-state index in [-0.39, 0.29) is 5.91 Å². The molecule has 7 heteroatoms. The molecule has 1 aliphatic heterocycles. The van der Waals surface area contributed by atoms with E-state index in [1.54, 1.807) is 0 Å². The molecule has 32 heavy (non-hydrogen) atoms. The fourth-order valence-electron chi connectivity index (χ4n) is 5.15. The first-order valence-electron chi connectivity index (χ1n) is 12.6. The molecule has 1 atom stereocenters. The van der Waals surface area contributed by atoms with E-state index in [4.69, 9.17) is 4.74 Å². The minimum Gasteiger partial charge on any atom is -0.494 e. The first-order valence-corrected chi connectivity index (χ1v) is 12.6. The lowest BCUT2D eigenvalue weighted by Gasteiger charge is -2.30. The van der Waals surface area contributed by atoms with Crippen molar-refractivity contribution in [1.82, 2.24) is 20.2 Å². The van der Waals surface area contributed by atoms with Gasteiger partial charge in [0, 0.05) is 18.5 Å². The highest BCUT2D eigenvalue weighted by Gasteiger charge is 2.27. The Kier molecular flexibility index (Phi) is 8.13. The summed E-state index contributed by atoms with van der Waals surface area (Å²) in [4.78, 5) is 11.5. The summed E-state index contributed by atoms with van der Waals surface area (Å²) < 4.78 is 8.13. The maximum atomic E-state index is 11.5. The van der Waals surface area contributed by atoms with Crippen LogP contribution in [-0.4, -0.2) is 32.7 Å². The van der Waals surface area contributed by atoms with Crippen LogP contribution in [0.15, 0.2) is 18.2 Å². The van der Waals surface area contributed by atoms with Crippen molar-refractivity contribution in [3.05, 3.63) is 29.6 Å². The average Bonchev–Trinajstić information content (AvgIpc) is 3.28. The second-order valence-corrected chi connectivity index (χ2v) is 9.32. The molecule has 174 valence electrons. The van der Waals surface area contributed by atoms with Crippen LogP contribution in [0.5, 0.6) is 5.75 Å². The number of hydrogen-bond acceptors (Lipinski definition) is 5. The van der Waals surface area contributed by atoms with Gasteiger partial charge in [-0.15, -0.1) is 5.10 Å². The zero-order valence-electron chi connectivity index (χ0n) is 19.4. The number of carbonyl (C=O) groups excluding carboxylic acids is 1. The standard InChI is InChI=1S/C25H37N5O2/c1-2-3-11-23(19-9-5-4-6-10-19)30-24(27-28-29-30)12-7-8-17-32-21-14-15-22-20(18-21)13-16-25(31)26-22/h14-15,18-19,23H,2-13,16-17H2,1H3,(H,26,31). The number of ether oxygens (including phenoxy) is 1. The zero-order chi connectivity index (χ0) is 22.2. The average molecular weight is 440 g/mol. The van der Waals surface area contributed by atoms with E-state index < -0.39 is 0 Å². The Hall–Kier alpha value is -2.44. The Morgan fingerprint density at radius 2 is 2.03 bits per heavy atom. The van der Waals surface area contributed by atoms with Gasteiger partial charge in [0.05, 0.1) is 12.6 Å². The molecule has 1 aromatic heterocycles. The highest BCUT2D eigenvalue weighted by Crippen LogP contribution is 2.36. The lowest BCUT2D eigenvalue weighted by Crippen LogP contribution is -2.24. The number of tetrazole rings is 1. The van der Waals surface area contributed by atoms with Crippen LogP contribution < -0.4 is 10.1 Å². The van der Waals surface area contributed by atoms with Gasteiger partial charge in [-0.25, -0.2) is 4.68 Å². The van der Waals surface area contributed by atoms with Gasteiger partial charge in [0.2, 0.25) is 5.91 Å². The van der Waals surface area contributed by atoms with Crippen molar-refractivity contribution < 1.29 is 9.53 Å². The number of aromatic nitrogens is 4. The quantitative estimate of drug-likeness (QED) is 0.482. The third-order valence-corrected chi connectivity index (χ3v) is 6.96. The lowest BCUT2D eigenvalue weighted by molar-refractivity contribution is -0.116. The molecule has 2 aromatic rings. The number of hydrogen-bond donors (Lipinski definition) is 1. The predicted molar refractivity (Wildman–Crippen MR) is 125 cm³/mol. The molecule has 1 saturated carbocycles. The van der Waals surface area contributed by atoms with Crippen LogP contribution in [0, 0.1) is 5.92 Å². The summed E-state index contributed by atoms with van der Waals surface area (Å²) in [5.74, 6) is 2.71. The molecule has 1 amide bonds. The van der Waals surface area contributed by atoms with Gasteiger partial charge in [-0.05, 0) is 78.6 Å². The van der Waals surface area contributed by atoms with Gasteiger partial charge in [-0.3, -0.25) is 4.79 Å². The normalized spacial score (nSPS) is 17.6. The molecule has 1 fully saturated rings. The van der Waals surface area contributed by atoms with Gasteiger partial charge >= 0.3 is 0 Å². The van der Waals surface area contributed by atoms with Gasteiger partial charge in [0.25, 0.3) is 0 Å². The van der Waals surface area contributed by atoms with E-state index >= 15 is 0 Å². The van der Waals surface area contributed by atoms with E-state index in [1.807, 2.05) is 12.1 Å². The van der Waals surface area contributed by atoms with E-state index in [0.29, 0.717) is 19.1 Å². The largest absolute Gasteiger partial charge is 0.494 e. The molecule has 1 aliphatic carbocycles. The highest BCUT2D eigenvalue weighted by molar-refractivity contribution is 5.93. The summed E-state index contributed by atoms with van der Waals surface area (Å²) in [5, 5.41) is 15.8. The Labute approximate surface area is 191 Å². The lowest BCUT2D eigenvalue weighted by atomic mass is 9.82. The number of carbonyl (C=O) groups is 1. The fourth-order valence-corrected chi connectivity index (χ4v) is 5.15. The Morgan fingerprint density at radius 3 is 2.88 bits per heavy atom. The Bertz CT molecular complexity index is 875. The van der Waals surface area contributed by atoms with Gasteiger partial charge in [-0.2, -0.15) is 0 Å². The minimum atomic E-state index is 0.0916. The van der Waals surface area contributed by atoms with Crippen LogP contribution in [0.25, 0.3) is 0 Å². The van der Waals surface area contributed by atoms with Crippen LogP contribution in [0.1, 0.15) is 95.0 Å². The summed E-state index contributed by atoms with van der Waals surface area (Å²) in [6.45, 7) is 2.94. The number of nitrogens with one attached hydrogen (secondary N) is 1. The Morgan fingerprint density at radius 1 is 1.16 bits per heavy atom. The highest BCUT2D eigenvalue weighted by atomic mass is 16.5. The first-order chi connectivity index (χ1) is 15.7. The van der Waals surface area contributed by atoms with E-state index in [1.165, 1.54) is 51.4 Å². The van der Waals surface area contributed by atoms with Crippen molar-refractivity contribution in [3.8, 4) is 5.75 Å². The molecular weight excluding hydrogens is 402 g/mol. The molecule has 2 aliphatic rings. The van der Waals surface area contributed by atoms with Crippen LogP contribution in [0.2, 0.25) is 0 Å². The molecule has 1 N–H and O–H groups in total. The second-order valence-electron chi connectivity index (χ2n) is 9.32. The molecular formula is C25H37N5O2. The summed E-state index contributed by atoms with van der Waals surface area (Å²) in [7, 11) is 0. The van der Waals surface area contributed by atoms with Crippen molar-refractivity contribution in [2.45, 2.75) is 96.4 Å². The number of unbranched alkanes of at least 4 members (excludes halogenated alkanes) is 2. The smallest absolute Gasteiger partial charge is 0.224 e. The van der Waals surface area contributed by atoms with Gasteiger partial charge in [0.15, 0.2) is 5.82 Å². The first kappa shape index (κ1) is 22.7. The summed E-state index contributed by atoms with van der Waals surface area (Å²) in [6.07, 6.45) is 14.5. The number of amides is 1. The van der Waals surface area contributed by atoms with Crippen LogP contribution in [-0.2, 0) is 17.6 Å². The van der Waals surface area contributed by atoms with Crippen molar-refractivity contribution in [2.75, 3.05) is 11.9 Å². The zero-order valence-corrected chi connectivity index (χ0v) is 19.4. The van der Waals surface area contributed by atoms with E-state index in [9.17, 15) is 4.79 Å². The topological polar surface area (TPSA) is 81.9 Å². The number of anilines is 1. The molecule has 0 bridgehead atoms. The van der Waals surface area contributed by atoms with Crippen molar-refractivity contribution in [1.29, 1.82) is 0 Å². The molecule has 2 heterocycles.